The van der Waals surface area contributed by atoms with Crippen molar-refractivity contribution in [2.75, 3.05) is 11.8 Å². The van der Waals surface area contributed by atoms with Crippen LogP contribution in [0.2, 0.25) is 0 Å². The lowest BCUT2D eigenvalue weighted by Crippen LogP contribution is -2.11. The molecule has 1 aromatic carbocycles. The van der Waals surface area contributed by atoms with Crippen molar-refractivity contribution >= 4 is 43.0 Å². The summed E-state index contributed by atoms with van der Waals surface area (Å²) in [6.45, 7) is 0.316. The third-order valence-electron chi connectivity index (χ3n) is 2.49. The van der Waals surface area contributed by atoms with Gasteiger partial charge in [-0.05, 0) is 29.1 Å². The molecule has 0 atom stereocenters. The van der Waals surface area contributed by atoms with Crippen LogP contribution in [0.5, 0.6) is 5.75 Å². The predicted molar refractivity (Wildman–Crippen MR) is 83.7 cm³/mol. The molecular weight excluding hydrogens is 364 g/mol. The molecule has 2 aromatic rings. The molecule has 8 heteroatoms. The van der Waals surface area contributed by atoms with Crippen molar-refractivity contribution in [2.45, 2.75) is 10.8 Å². The van der Waals surface area contributed by atoms with Crippen LogP contribution in [0.4, 0.5) is 5.69 Å². The summed E-state index contributed by atoms with van der Waals surface area (Å²) in [6.07, 6.45) is 0. The number of methoxy groups -OCH3 is 1. The van der Waals surface area contributed by atoms with Crippen LogP contribution in [0, 0.1) is 0 Å². The van der Waals surface area contributed by atoms with Crippen molar-refractivity contribution in [3.8, 4) is 5.75 Å². The Kier molecular flexibility index (Phi) is 4.69. The summed E-state index contributed by atoms with van der Waals surface area (Å²) in [7, 11) is -2.09. The largest absolute Gasteiger partial charge is 0.497 e. The lowest BCUT2D eigenvalue weighted by molar-refractivity contribution is 0.415. The van der Waals surface area contributed by atoms with E-state index in [9.17, 15) is 8.42 Å². The van der Waals surface area contributed by atoms with Crippen LogP contribution < -0.4 is 15.2 Å². The van der Waals surface area contributed by atoms with Crippen molar-refractivity contribution < 1.29 is 13.2 Å². The average Bonchev–Trinajstić information content (AvgIpc) is 2.87. The van der Waals surface area contributed by atoms with Crippen LogP contribution in [0.3, 0.4) is 0 Å². The summed E-state index contributed by atoms with van der Waals surface area (Å²) in [4.78, 5) is 0. The fourth-order valence-electron chi connectivity index (χ4n) is 1.55. The number of anilines is 1. The zero-order valence-electron chi connectivity index (χ0n) is 10.6. The first-order chi connectivity index (χ1) is 9.44. The maximum atomic E-state index is 12.2. The molecule has 0 aliphatic carbocycles. The molecule has 2 rings (SSSR count). The first-order valence-corrected chi connectivity index (χ1v) is 8.75. The molecule has 0 amide bonds. The maximum Gasteiger partial charge on any atom is 0.271 e. The molecule has 20 heavy (non-hydrogen) atoms. The van der Waals surface area contributed by atoms with E-state index in [1.54, 1.807) is 29.6 Å². The second kappa shape index (κ2) is 6.13. The molecule has 0 bridgehead atoms. The summed E-state index contributed by atoms with van der Waals surface area (Å²) in [5, 5.41) is 1.73. The summed E-state index contributed by atoms with van der Waals surface area (Å²) in [6, 6.07) is 6.59. The Balaban J connectivity index is 2.30. The zero-order valence-corrected chi connectivity index (χ0v) is 13.8. The highest BCUT2D eigenvalue weighted by molar-refractivity contribution is 9.10. The van der Waals surface area contributed by atoms with Gasteiger partial charge < -0.3 is 10.5 Å². The summed E-state index contributed by atoms with van der Waals surface area (Å²) < 4.78 is 33.1. The highest BCUT2D eigenvalue weighted by atomic mass is 79.9. The second-order valence-electron chi connectivity index (χ2n) is 3.96. The van der Waals surface area contributed by atoms with Gasteiger partial charge in [-0.2, -0.15) is 0 Å². The number of hydrogen-bond donors (Lipinski definition) is 2. The van der Waals surface area contributed by atoms with Gasteiger partial charge in [0, 0.05) is 17.1 Å². The van der Waals surface area contributed by atoms with Crippen LogP contribution in [-0.2, 0) is 16.6 Å². The van der Waals surface area contributed by atoms with Crippen LogP contribution in [0.1, 0.15) is 5.56 Å². The fraction of sp³-hybridized carbons (Fsp3) is 0.167. The van der Waals surface area contributed by atoms with E-state index in [1.807, 2.05) is 0 Å². The van der Waals surface area contributed by atoms with Crippen molar-refractivity contribution in [1.82, 2.24) is 0 Å². The smallest absolute Gasteiger partial charge is 0.271 e. The Hall–Kier alpha value is -1.09. The van der Waals surface area contributed by atoms with Gasteiger partial charge in [-0.25, -0.2) is 8.42 Å². The maximum absolute atomic E-state index is 12.2. The molecule has 0 saturated carbocycles. The van der Waals surface area contributed by atoms with Crippen LogP contribution in [0.25, 0.3) is 0 Å². The van der Waals surface area contributed by atoms with E-state index in [0.29, 0.717) is 18.0 Å². The topological polar surface area (TPSA) is 81.4 Å². The molecule has 3 N–H and O–H groups in total. The van der Waals surface area contributed by atoms with Gasteiger partial charge in [0.1, 0.15) is 9.96 Å². The molecule has 108 valence electrons. The van der Waals surface area contributed by atoms with E-state index in [4.69, 9.17) is 10.5 Å². The zero-order chi connectivity index (χ0) is 14.8. The fourth-order valence-corrected chi connectivity index (χ4v) is 4.28. The Morgan fingerprint density at radius 1 is 1.35 bits per heavy atom. The van der Waals surface area contributed by atoms with E-state index >= 15 is 0 Å². The normalized spacial score (nSPS) is 11.3. The number of ether oxygens (including phenoxy) is 1. The van der Waals surface area contributed by atoms with Crippen molar-refractivity contribution in [1.29, 1.82) is 0 Å². The minimum atomic E-state index is -3.61. The summed E-state index contributed by atoms with van der Waals surface area (Å²) >= 11 is 4.45. The van der Waals surface area contributed by atoms with E-state index < -0.39 is 10.0 Å². The number of sulfonamides is 1. The minimum absolute atomic E-state index is 0.233. The molecular formula is C12H13BrN2O3S2. The number of hydrogen-bond acceptors (Lipinski definition) is 5. The lowest BCUT2D eigenvalue weighted by atomic mass is 10.3. The van der Waals surface area contributed by atoms with Gasteiger partial charge in [0.05, 0.1) is 12.8 Å². The van der Waals surface area contributed by atoms with Gasteiger partial charge in [-0.1, -0.05) is 15.9 Å². The lowest BCUT2D eigenvalue weighted by Gasteiger charge is -2.08. The molecule has 0 unspecified atom stereocenters. The quantitative estimate of drug-likeness (QED) is 0.840. The van der Waals surface area contributed by atoms with Gasteiger partial charge in [0.25, 0.3) is 10.0 Å². The van der Waals surface area contributed by atoms with E-state index in [2.05, 4.69) is 20.7 Å². The third kappa shape index (κ3) is 3.51. The monoisotopic (exact) mass is 376 g/mol. The number of benzene rings is 1. The van der Waals surface area contributed by atoms with Crippen LogP contribution in [0.15, 0.2) is 38.3 Å². The molecule has 1 heterocycles. The average molecular weight is 377 g/mol. The molecule has 5 nitrogen and oxygen atoms in total. The number of rotatable bonds is 5. The van der Waals surface area contributed by atoms with Gasteiger partial charge in [-0.15, -0.1) is 11.3 Å². The Bertz CT molecular complexity index is 713. The Morgan fingerprint density at radius 3 is 2.70 bits per heavy atom. The molecule has 0 radical (unpaired) electrons. The summed E-state index contributed by atoms with van der Waals surface area (Å²) in [5.41, 5.74) is 6.71. The molecule has 0 aliphatic rings. The number of nitrogens with two attached hydrogens (primary N) is 1. The van der Waals surface area contributed by atoms with E-state index in [0.717, 1.165) is 21.4 Å². The molecule has 1 aromatic heterocycles. The van der Waals surface area contributed by atoms with Crippen LogP contribution >= 0.6 is 27.3 Å². The molecule has 0 fully saturated rings. The van der Waals surface area contributed by atoms with Gasteiger partial charge in [0.2, 0.25) is 0 Å². The number of thiophene rings is 1. The highest BCUT2D eigenvalue weighted by Gasteiger charge is 2.17. The first-order valence-electron chi connectivity index (χ1n) is 5.59. The molecule has 0 spiro atoms. The van der Waals surface area contributed by atoms with Gasteiger partial charge in [-0.3, -0.25) is 4.72 Å². The minimum Gasteiger partial charge on any atom is -0.497 e. The van der Waals surface area contributed by atoms with E-state index in [1.165, 1.54) is 7.11 Å². The Labute approximate surface area is 129 Å². The number of halogens is 1. The van der Waals surface area contributed by atoms with Crippen LogP contribution in [-0.4, -0.2) is 15.5 Å². The number of nitrogens with one attached hydrogen (secondary N) is 1. The van der Waals surface area contributed by atoms with Gasteiger partial charge in [0.15, 0.2) is 0 Å². The second-order valence-corrected chi connectivity index (χ2v) is 7.70. The van der Waals surface area contributed by atoms with E-state index in [-0.39, 0.29) is 4.21 Å². The summed E-state index contributed by atoms with van der Waals surface area (Å²) in [5.74, 6) is 0.561. The van der Waals surface area contributed by atoms with Crippen molar-refractivity contribution in [2.24, 2.45) is 5.73 Å². The SMILES string of the molecule is COc1cc(Br)cc(NS(=O)(=O)c2cc(CN)cs2)c1. The third-order valence-corrected chi connectivity index (χ3v) is 5.82. The van der Waals surface area contributed by atoms with Crippen molar-refractivity contribution in [3.63, 3.8) is 0 Å². The van der Waals surface area contributed by atoms with Crippen molar-refractivity contribution in [3.05, 3.63) is 39.7 Å². The molecule has 0 aliphatic heterocycles. The van der Waals surface area contributed by atoms with Gasteiger partial charge >= 0.3 is 0 Å². The highest BCUT2D eigenvalue weighted by Crippen LogP contribution is 2.28. The predicted octanol–water partition coefficient (Wildman–Crippen LogP) is 2.78. The Morgan fingerprint density at radius 2 is 2.10 bits per heavy atom. The first kappa shape index (κ1) is 15.3. The molecule has 0 saturated heterocycles. The standard InChI is InChI=1S/C12H13BrN2O3S2/c1-18-11-4-9(13)3-10(5-11)15-20(16,17)12-2-8(6-14)7-19-12/h2-5,7,15H,6,14H2,1H3.